The van der Waals surface area contributed by atoms with E-state index >= 15 is 0 Å². The van der Waals surface area contributed by atoms with Crippen molar-refractivity contribution in [1.82, 2.24) is 9.97 Å². The highest BCUT2D eigenvalue weighted by Crippen LogP contribution is 2.14. The second kappa shape index (κ2) is 5.50. The first-order valence-corrected chi connectivity index (χ1v) is 5.14. The Morgan fingerprint density at radius 3 is 2.93 bits per heavy atom. The van der Waals surface area contributed by atoms with Crippen LogP contribution in [0.1, 0.15) is 25.3 Å². The van der Waals surface area contributed by atoms with Gasteiger partial charge in [-0.3, -0.25) is 0 Å². The summed E-state index contributed by atoms with van der Waals surface area (Å²) in [6.45, 7) is 4.51. The number of nitrogen functional groups attached to an aromatic ring is 1. The molecule has 0 saturated heterocycles. The molecule has 0 aliphatic carbocycles. The fourth-order valence-electron chi connectivity index (χ4n) is 1.20. The molecule has 15 heavy (non-hydrogen) atoms. The number of aromatic nitrogens is 2. The lowest BCUT2D eigenvalue weighted by Gasteiger charge is -2.11. The zero-order valence-electron chi connectivity index (χ0n) is 9.20. The summed E-state index contributed by atoms with van der Waals surface area (Å²) in [5, 5.41) is 12.5. The molecule has 0 saturated carbocycles. The van der Waals surface area contributed by atoms with Gasteiger partial charge in [-0.15, -0.1) is 0 Å². The summed E-state index contributed by atoms with van der Waals surface area (Å²) in [7, 11) is 0. The van der Waals surface area contributed by atoms with Crippen molar-refractivity contribution in [3.8, 4) is 0 Å². The van der Waals surface area contributed by atoms with Crippen molar-refractivity contribution in [2.75, 3.05) is 17.6 Å². The Bertz CT molecular complexity index is 316. The van der Waals surface area contributed by atoms with Crippen molar-refractivity contribution in [2.45, 2.75) is 32.8 Å². The lowest BCUT2D eigenvalue weighted by molar-refractivity contribution is 0.164. The maximum atomic E-state index is 9.36. The van der Waals surface area contributed by atoms with Crippen molar-refractivity contribution >= 4 is 11.6 Å². The minimum absolute atomic E-state index is 0.253. The molecule has 1 aromatic heterocycles. The van der Waals surface area contributed by atoms with Crippen LogP contribution >= 0.6 is 0 Å². The molecule has 0 spiro atoms. The van der Waals surface area contributed by atoms with Gasteiger partial charge in [0, 0.05) is 12.1 Å². The molecule has 0 aliphatic rings. The van der Waals surface area contributed by atoms with Crippen LogP contribution in [0.25, 0.3) is 0 Å². The monoisotopic (exact) mass is 210 g/mol. The van der Waals surface area contributed by atoms with Crippen LogP contribution in [-0.2, 0) is 0 Å². The summed E-state index contributed by atoms with van der Waals surface area (Å²) < 4.78 is 0. The van der Waals surface area contributed by atoms with E-state index in [-0.39, 0.29) is 6.10 Å². The van der Waals surface area contributed by atoms with Gasteiger partial charge in [0.1, 0.15) is 18.0 Å². The van der Waals surface area contributed by atoms with Gasteiger partial charge in [0.2, 0.25) is 0 Å². The molecule has 4 N–H and O–H groups in total. The average Bonchev–Trinajstić information content (AvgIpc) is 2.24. The first kappa shape index (κ1) is 11.7. The fourth-order valence-corrected chi connectivity index (χ4v) is 1.20. The molecule has 5 nitrogen and oxygen atoms in total. The van der Waals surface area contributed by atoms with Crippen LogP contribution in [0, 0.1) is 6.92 Å². The van der Waals surface area contributed by atoms with E-state index in [9.17, 15) is 5.11 Å². The normalized spacial score (nSPS) is 12.5. The molecule has 1 heterocycles. The summed E-state index contributed by atoms with van der Waals surface area (Å²) >= 11 is 0. The predicted molar refractivity (Wildman–Crippen MR) is 60.6 cm³/mol. The Morgan fingerprint density at radius 1 is 1.53 bits per heavy atom. The van der Waals surface area contributed by atoms with E-state index in [1.165, 1.54) is 6.33 Å². The number of aliphatic hydroxyl groups excluding tert-OH is 1. The quantitative estimate of drug-likeness (QED) is 0.673. The van der Waals surface area contributed by atoms with E-state index in [1.54, 1.807) is 0 Å². The predicted octanol–water partition coefficient (Wildman–Crippen LogP) is 0.940. The summed E-state index contributed by atoms with van der Waals surface area (Å²) in [4.78, 5) is 7.95. The summed E-state index contributed by atoms with van der Waals surface area (Å²) in [6, 6.07) is 0. The molecule has 5 heteroatoms. The van der Waals surface area contributed by atoms with Gasteiger partial charge in [-0.2, -0.15) is 0 Å². The van der Waals surface area contributed by atoms with Crippen molar-refractivity contribution in [3.63, 3.8) is 0 Å². The molecule has 1 rings (SSSR count). The van der Waals surface area contributed by atoms with Gasteiger partial charge in [-0.1, -0.05) is 6.92 Å². The van der Waals surface area contributed by atoms with Crippen LogP contribution in [0.5, 0.6) is 0 Å². The smallest absolute Gasteiger partial charge is 0.134 e. The summed E-state index contributed by atoms with van der Waals surface area (Å²) in [5.41, 5.74) is 6.49. The zero-order valence-corrected chi connectivity index (χ0v) is 9.20. The molecule has 1 atom stereocenters. The average molecular weight is 210 g/mol. The van der Waals surface area contributed by atoms with Crippen LogP contribution in [-0.4, -0.2) is 27.7 Å². The van der Waals surface area contributed by atoms with E-state index in [2.05, 4.69) is 15.3 Å². The highest BCUT2D eigenvalue weighted by atomic mass is 16.3. The second-order valence-corrected chi connectivity index (χ2v) is 3.51. The molecule has 0 radical (unpaired) electrons. The number of aliphatic hydroxyl groups is 1. The Balaban J connectivity index is 2.47. The number of hydrogen-bond donors (Lipinski definition) is 3. The topological polar surface area (TPSA) is 84.1 Å². The number of nitrogens with zero attached hydrogens (tertiary/aromatic N) is 2. The van der Waals surface area contributed by atoms with Gasteiger partial charge < -0.3 is 16.2 Å². The molecule has 0 aromatic carbocycles. The molecular weight excluding hydrogens is 192 g/mol. The Labute approximate surface area is 89.7 Å². The highest BCUT2D eigenvalue weighted by Gasteiger charge is 2.04. The van der Waals surface area contributed by atoms with Crippen LogP contribution in [0.4, 0.5) is 11.6 Å². The van der Waals surface area contributed by atoms with Gasteiger partial charge in [-0.05, 0) is 19.8 Å². The first-order valence-electron chi connectivity index (χ1n) is 5.14. The third-order valence-corrected chi connectivity index (χ3v) is 2.36. The van der Waals surface area contributed by atoms with Crippen LogP contribution in [0.15, 0.2) is 6.33 Å². The second-order valence-electron chi connectivity index (χ2n) is 3.51. The molecule has 0 fully saturated rings. The zero-order chi connectivity index (χ0) is 11.3. The van der Waals surface area contributed by atoms with Crippen molar-refractivity contribution in [2.24, 2.45) is 0 Å². The SMILES string of the molecule is CCC(O)CCNc1ncnc(N)c1C. The number of rotatable bonds is 5. The number of anilines is 2. The number of hydrogen-bond acceptors (Lipinski definition) is 5. The van der Waals surface area contributed by atoms with Gasteiger partial charge in [0.05, 0.1) is 6.10 Å². The van der Waals surface area contributed by atoms with E-state index < -0.39 is 0 Å². The third-order valence-electron chi connectivity index (χ3n) is 2.36. The Kier molecular flexibility index (Phi) is 4.30. The summed E-state index contributed by atoms with van der Waals surface area (Å²) in [6.07, 6.45) is 2.66. The lowest BCUT2D eigenvalue weighted by atomic mass is 10.2. The highest BCUT2D eigenvalue weighted by molar-refractivity contribution is 5.53. The number of nitrogens with one attached hydrogen (secondary N) is 1. The molecule has 1 unspecified atom stereocenters. The molecule has 0 aliphatic heterocycles. The lowest BCUT2D eigenvalue weighted by Crippen LogP contribution is -2.14. The molecule has 0 bridgehead atoms. The standard InChI is InChI=1S/C10H18N4O/c1-3-8(15)4-5-12-10-7(2)9(11)13-6-14-10/h6,8,15H,3-5H2,1-2H3,(H3,11,12,13,14). The maximum absolute atomic E-state index is 9.36. The van der Waals surface area contributed by atoms with Gasteiger partial charge in [0.25, 0.3) is 0 Å². The van der Waals surface area contributed by atoms with Crippen molar-refractivity contribution in [3.05, 3.63) is 11.9 Å². The molecule has 1 aromatic rings. The van der Waals surface area contributed by atoms with E-state index in [0.717, 1.165) is 17.8 Å². The molecule has 0 amide bonds. The minimum Gasteiger partial charge on any atom is -0.393 e. The number of nitrogens with two attached hydrogens (primary N) is 1. The Hall–Kier alpha value is -1.36. The van der Waals surface area contributed by atoms with Crippen LogP contribution < -0.4 is 11.1 Å². The fraction of sp³-hybridized carbons (Fsp3) is 0.600. The molecule has 84 valence electrons. The Morgan fingerprint density at radius 2 is 2.27 bits per heavy atom. The first-order chi connectivity index (χ1) is 7.15. The largest absolute Gasteiger partial charge is 0.393 e. The van der Waals surface area contributed by atoms with E-state index in [4.69, 9.17) is 5.73 Å². The van der Waals surface area contributed by atoms with Crippen LogP contribution in [0.3, 0.4) is 0 Å². The van der Waals surface area contributed by atoms with Gasteiger partial charge >= 0.3 is 0 Å². The van der Waals surface area contributed by atoms with E-state index in [0.29, 0.717) is 18.8 Å². The van der Waals surface area contributed by atoms with Gasteiger partial charge in [0.15, 0.2) is 0 Å². The third kappa shape index (κ3) is 3.36. The van der Waals surface area contributed by atoms with E-state index in [1.807, 2.05) is 13.8 Å². The van der Waals surface area contributed by atoms with Crippen LogP contribution in [0.2, 0.25) is 0 Å². The molecular formula is C10H18N4O. The van der Waals surface area contributed by atoms with Crippen molar-refractivity contribution in [1.29, 1.82) is 0 Å². The van der Waals surface area contributed by atoms with Gasteiger partial charge in [-0.25, -0.2) is 9.97 Å². The summed E-state index contributed by atoms with van der Waals surface area (Å²) in [5.74, 6) is 1.23. The minimum atomic E-state index is -0.253. The maximum Gasteiger partial charge on any atom is 0.134 e. The van der Waals surface area contributed by atoms with Crippen molar-refractivity contribution < 1.29 is 5.11 Å².